The molecule has 0 aromatic carbocycles. The molecule has 4 aliphatic carbocycles. The van der Waals surface area contributed by atoms with E-state index in [4.69, 9.17) is 32.7 Å². The van der Waals surface area contributed by atoms with Crippen molar-refractivity contribution in [2.45, 2.75) is 252 Å². The molecule has 3 unspecified atom stereocenters. The zero-order chi connectivity index (χ0) is 77.5. The molecular formula is C74H117Cl2F3N12O14. The van der Waals surface area contributed by atoms with Crippen molar-refractivity contribution in [2.24, 2.45) is 29.6 Å². The van der Waals surface area contributed by atoms with Crippen molar-refractivity contribution in [3.05, 3.63) is 12.2 Å². The van der Waals surface area contributed by atoms with E-state index in [2.05, 4.69) is 16.0 Å². The van der Waals surface area contributed by atoms with Gasteiger partial charge in [0.2, 0.25) is 70.9 Å². The Morgan fingerprint density at radius 3 is 1.94 bits per heavy atom. The number of hydrogen-bond donors (Lipinski definition) is 3. The lowest BCUT2D eigenvalue weighted by atomic mass is 9.74. The Bertz CT molecular complexity index is 3100. The number of alkyl halides is 5. The van der Waals surface area contributed by atoms with Gasteiger partial charge in [0.25, 0.3) is 0 Å². The lowest BCUT2D eigenvalue weighted by Gasteiger charge is -2.46. The maximum absolute atomic E-state index is 15.6. The first-order valence-electron chi connectivity index (χ1n) is 38.1. The molecule has 0 aromatic heterocycles. The Morgan fingerprint density at radius 2 is 1.34 bits per heavy atom. The van der Waals surface area contributed by atoms with Crippen molar-refractivity contribution in [2.75, 3.05) is 102 Å². The molecule has 12 amide bonds. The van der Waals surface area contributed by atoms with Gasteiger partial charge in [0.15, 0.2) is 0 Å². The fraction of sp³-hybridized carbons (Fsp3) is 0.811. The Hall–Kier alpha value is -6.33. The van der Waals surface area contributed by atoms with E-state index < -0.39 is 180 Å². The average Bonchev–Trinajstić information content (AvgIpc) is 1.31. The molecule has 3 heterocycles. The Labute approximate surface area is 627 Å². The molecule has 26 nitrogen and oxygen atoms in total. The molecule has 4 saturated carbocycles. The van der Waals surface area contributed by atoms with Gasteiger partial charge in [-0.05, 0) is 146 Å². The van der Waals surface area contributed by atoms with Crippen LogP contribution in [0.2, 0.25) is 0 Å². The number of nitrogens with zero attached hydrogens (tertiary/aromatic N) is 9. The van der Waals surface area contributed by atoms with Gasteiger partial charge in [-0.1, -0.05) is 52.2 Å². The van der Waals surface area contributed by atoms with Gasteiger partial charge in [0.05, 0.1) is 43.5 Å². The molecular weight excluding hydrogens is 1410 g/mol. The zero-order valence-corrected chi connectivity index (χ0v) is 65.2. The van der Waals surface area contributed by atoms with E-state index >= 15 is 28.8 Å². The second-order valence-electron chi connectivity index (χ2n) is 30.7. The van der Waals surface area contributed by atoms with Crippen LogP contribution in [0.4, 0.5) is 13.2 Å². The second-order valence-corrected chi connectivity index (χ2v) is 31.8. The van der Waals surface area contributed by atoms with Crippen LogP contribution >= 0.6 is 23.2 Å². The molecule has 0 aromatic rings. The summed E-state index contributed by atoms with van der Waals surface area (Å²) in [5.41, 5.74) is -1.57. The highest BCUT2D eigenvalue weighted by Gasteiger charge is 2.54. The van der Waals surface area contributed by atoms with Crippen molar-refractivity contribution in [1.82, 2.24) is 60.0 Å². The molecule has 2 bridgehead atoms. The van der Waals surface area contributed by atoms with E-state index in [0.717, 1.165) is 27.5 Å². The molecule has 7 rings (SSSR count). The Balaban J connectivity index is 1.31. The fourth-order valence-corrected chi connectivity index (χ4v) is 17.2. The Morgan fingerprint density at radius 1 is 0.686 bits per heavy atom. The van der Waals surface area contributed by atoms with Gasteiger partial charge < -0.3 is 69.5 Å². The summed E-state index contributed by atoms with van der Waals surface area (Å²) in [6.07, 6.45) is 3.63. The summed E-state index contributed by atoms with van der Waals surface area (Å²) < 4.78 is 53.8. The third-order valence-corrected chi connectivity index (χ3v) is 24.8. The first kappa shape index (κ1) is 85.9. The number of carbonyl (C=O) groups excluding carboxylic acids is 12. The maximum atomic E-state index is 15.6. The van der Waals surface area contributed by atoms with E-state index in [-0.39, 0.29) is 127 Å². The minimum atomic E-state index is -4.44. The molecule has 31 heteroatoms. The topological polar surface area (TPSA) is 289 Å². The molecule has 105 heavy (non-hydrogen) atoms. The summed E-state index contributed by atoms with van der Waals surface area (Å²) in [7, 11) is 11.3. The van der Waals surface area contributed by atoms with Crippen LogP contribution in [0.1, 0.15) is 175 Å². The lowest BCUT2D eigenvalue weighted by Crippen LogP contribution is -2.68. The SMILES string of the molecule is CCO[C@@H]1C[C@H]2C(=O)NC3(CCC3)C(=O)N(C)[C@@H](C3CCCC3)C(=O)N(C)[C@H](C(=O)N(C)CCOC)CC(=O)N(C)[C@@H](CC)C(=O)N[C@@H]([C@@H](C)CC)C(=O)N(C)CC(=O)N(C)[C@H]3C/C=C\CCN(C3=O)[C@@H](CC3CCC(C(F)(F)F)CC3)C(=O)N(C)CC(=O)N[C@@H](CCC3CCC(Cl)C(Cl)C3)C(=O)N2C1. The minimum Gasteiger partial charge on any atom is -0.383 e. The van der Waals surface area contributed by atoms with Crippen LogP contribution in [0.25, 0.3) is 0 Å². The molecule has 0 radical (unpaired) electrons. The number of likely N-dealkylation sites (N-methyl/N-ethyl adjacent to an activating group) is 7. The van der Waals surface area contributed by atoms with Gasteiger partial charge in [0.1, 0.15) is 53.9 Å². The van der Waals surface area contributed by atoms with E-state index in [9.17, 15) is 41.9 Å². The number of hydrogen-bond acceptors (Lipinski definition) is 14. The van der Waals surface area contributed by atoms with Crippen LogP contribution in [0.5, 0.6) is 0 Å². The van der Waals surface area contributed by atoms with Crippen molar-refractivity contribution < 1.29 is 80.2 Å². The molecule has 2 saturated heterocycles. The van der Waals surface area contributed by atoms with E-state index in [1.54, 1.807) is 39.8 Å². The maximum Gasteiger partial charge on any atom is 0.391 e. The highest BCUT2D eigenvalue weighted by molar-refractivity contribution is 6.30. The summed E-state index contributed by atoms with van der Waals surface area (Å²) in [4.78, 5) is 193. The number of fused-ring (bicyclic) bond motifs is 3. The number of methoxy groups -OCH3 is 1. The number of nitrogens with one attached hydrogen (secondary N) is 3. The van der Waals surface area contributed by atoms with E-state index in [1.807, 2.05) is 0 Å². The third-order valence-electron chi connectivity index (χ3n) is 23.7. The average molecular weight is 1530 g/mol. The van der Waals surface area contributed by atoms with Gasteiger partial charge in [-0.25, -0.2) is 0 Å². The summed E-state index contributed by atoms with van der Waals surface area (Å²) in [5.74, 6) is -11.2. The zero-order valence-electron chi connectivity index (χ0n) is 63.7. The second kappa shape index (κ2) is 38.7. The standard InChI is InChI=1S/C74H117Cl2F3N12O14/c1-13-45(4)62-70(101)85(7)44-61(94)87(9)55-24-17-16-20-35-90(69(55)100)58(39-47-25-29-49(30-26-47)74(77,78)79)68(99)84(6)43-59(92)80-53(32-28-46-27-31-51(75)52(76)38-46)66(97)91-42-50(105-15-3)40-56(91)65(96)82-73(33-21-34-73)72(103)89(11)63(48-22-18-19-23-48)71(102)88(10)57(67(98)83(5)36-37-104-12)41-60(93)86(8)54(14-2)64(95)81-62/h16-17,45-58,62-63H,13-15,18-44H2,1-12H3,(H,80,92)(H,81,95)(H,82,96)/b17-16-/t45-,46?,47?,49?,50+,51?,52?,53-,54-,55-,56-,57-,58-,62-,63-/m0/s1. The number of halogens is 5. The van der Waals surface area contributed by atoms with Crippen LogP contribution in [-0.4, -0.2) is 294 Å². The van der Waals surface area contributed by atoms with Gasteiger partial charge in [-0.15, -0.1) is 23.2 Å². The number of rotatable bonds is 15. The Kier molecular flexibility index (Phi) is 31.6. The predicted molar refractivity (Wildman–Crippen MR) is 387 cm³/mol. The molecule has 6 fully saturated rings. The first-order valence-corrected chi connectivity index (χ1v) is 38.9. The van der Waals surface area contributed by atoms with Crippen LogP contribution in [-0.2, 0) is 67.0 Å². The van der Waals surface area contributed by atoms with Gasteiger partial charge in [0, 0.05) is 94.5 Å². The van der Waals surface area contributed by atoms with E-state index in [0.29, 0.717) is 51.4 Å². The monoisotopic (exact) mass is 1520 g/mol. The molecule has 3 aliphatic heterocycles. The summed E-state index contributed by atoms with van der Waals surface area (Å²) in [6.45, 7) is 5.93. The molecule has 592 valence electrons. The third kappa shape index (κ3) is 21.3. The summed E-state index contributed by atoms with van der Waals surface area (Å²) in [6, 6.07) is -10.4. The normalized spacial score (nSPS) is 31.6. The summed E-state index contributed by atoms with van der Waals surface area (Å²) in [5, 5.41) is 8.15. The highest BCUT2D eigenvalue weighted by Crippen LogP contribution is 2.43. The van der Waals surface area contributed by atoms with Gasteiger partial charge >= 0.3 is 6.18 Å². The van der Waals surface area contributed by atoms with E-state index in [1.165, 1.54) is 85.8 Å². The first-order chi connectivity index (χ1) is 49.6. The van der Waals surface area contributed by atoms with Crippen LogP contribution < -0.4 is 16.0 Å². The minimum absolute atomic E-state index is 0.00126. The molecule has 3 N–H and O–H groups in total. The van der Waals surface area contributed by atoms with Crippen molar-refractivity contribution in [3.8, 4) is 0 Å². The van der Waals surface area contributed by atoms with Crippen LogP contribution in [0, 0.1) is 29.6 Å². The van der Waals surface area contributed by atoms with Gasteiger partial charge in [-0.2, -0.15) is 13.2 Å². The number of amides is 12. The van der Waals surface area contributed by atoms with Crippen molar-refractivity contribution in [1.29, 1.82) is 0 Å². The van der Waals surface area contributed by atoms with Crippen molar-refractivity contribution >= 4 is 94.1 Å². The number of ether oxygens (including phenoxy) is 2. The molecule has 1 spiro atoms. The lowest BCUT2D eigenvalue weighted by molar-refractivity contribution is -0.184. The molecule has 13 atom stereocenters. The smallest absolute Gasteiger partial charge is 0.383 e. The van der Waals surface area contributed by atoms with Crippen LogP contribution in [0.3, 0.4) is 0 Å². The molecule has 7 aliphatic rings. The number of carbonyl (C=O) groups is 12. The van der Waals surface area contributed by atoms with Crippen LogP contribution in [0.15, 0.2) is 12.2 Å². The van der Waals surface area contributed by atoms with Gasteiger partial charge in [-0.3, -0.25) is 57.5 Å². The quantitative estimate of drug-likeness (QED) is 0.135. The highest BCUT2D eigenvalue weighted by atomic mass is 35.5. The fourth-order valence-electron chi connectivity index (χ4n) is 16.6. The largest absolute Gasteiger partial charge is 0.391 e. The summed E-state index contributed by atoms with van der Waals surface area (Å²) >= 11 is 13.3. The predicted octanol–water partition coefficient (Wildman–Crippen LogP) is 5.48. The van der Waals surface area contributed by atoms with Crippen molar-refractivity contribution in [3.63, 3.8) is 0 Å².